The molecule has 3 rings (SSSR count). The number of ketones is 1. The molecule has 2 N–H and O–H groups in total. The van der Waals surface area contributed by atoms with Crippen LogP contribution in [0.3, 0.4) is 0 Å². The van der Waals surface area contributed by atoms with Crippen LogP contribution in [-0.2, 0) is 12.8 Å². The number of nitrogens with two attached hydrogens (primary N) is 1. The Morgan fingerprint density at radius 1 is 1.17 bits per heavy atom. The van der Waals surface area contributed by atoms with E-state index in [9.17, 15) is 4.79 Å². The molecule has 0 bridgehead atoms. The van der Waals surface area contributed by atoms with Gasteiger partial charge in [-0.15, -0.1) is 0 Å². The summed E-state index contributed by atoms with van der Waals surface area (Å²) in [5, 5.41) is 0. The lowest BCUT2D eigenvalue weighted by Gasteiger charge is -2.05. The predicted molar refractivity (Wildman–Crippen MR) is 70.5 cm³/mol. The highest BCUT2D eigenvalue weighted by atomic mass is 16.1. The maximum Gasteiger partial charge on any atom is 0.213 e. The summed E-state index contributed by atoms with van der Waals surface area (Å²) in [5.74, 6) is -0.0946. The van der Waals surface area contributed by atoms with Crippen LogP contribution in [0.5, 0.6) is 0 Å². The van der Waals surface area contributed by atoms with Gasteiger partial charge in [-0.1, -0.05) is 12.1 Å². The Morgan fingerprint density at radius 2 is 2.00 bits per heavy atom. The zero-order valence-electron chi connectivity index (χ0n) is 10.0. The maximum atomic E-state index is 12.3. The van der Waals surface area contributed by atoms with Crippen LogP contribution < -0.4 is 5.73 Å². The minimum atomic E-state index is -0.0946. The number of aryl methyl sites for hydroxylation is 2. The highest BCUT2D eigenvalue weighted by Gasteiger charge is 2.17. The SMILES string of the molecule is Nc1cccnc1C(=O)c1ccc2c(c1)CCC2. The zero-order chi connectivity index (χ0) is 12.5. The summed E-state index contributed by atoms with van der Waals surface area (Å²) in [7, 11) is 0. The fourth-order valence-corrected chi connectivity index (χ4v) is 2.46. The van der Waals surface area contributed by atoms with Crippen LogP contribution in [0, 0.1) is 0 Å². The number of anilines is 1. The molecule has 1 aliphatic rings. The number of carbonyl (C=O) groups is 1. The van der Waals surface area contributed by atoms with Crippen molar-refractivity contribution >= 4 is 11.5 Å². The molecule has 2 aromatic rings. The van der Waals surface area contributed by atoms with Gasteiger partial charge in [0.1, 0.15) is 5.69 Å². The van der Waals surface area contributed by atoms with E-state index in [0.717, 1.165) is 12.8 Å². The minimum absolute atomic E-state index is 0.0946. The Labute approximate surface area is 106 Å². The van der Waals surface area contributed by atoms with Gasteiger partial charge in [0.15, 0.2) is 0 Å². The van der Waals surface area contributed by atoms with Gasteiger partial charge in [0.25, 0.3) is 0 Å². The van der Waals surface area contributed by atoms with Crippen molar-refractivity contribution in [3.63, 3.8) is 0 Å². The Balaban J connectivity index is 2.01. The number of aromatic nitrogens is 1. The van der Waals surface area contributed by atoms with Gasteiger partial charge in [-0.3, -0.25) is 9.78 Å². The predicted octanol–water partition coefficient (Wildman–Crippen LogP) is 2.38. The zero-order valence-corrected chi connectivity index (χ0v) is 10.0. The normalized spacial score (nSPS) is 13.3. The van der Waals surface area contributed by atoms with E-state index in [0.29, 0.717) is 16.9 Å². The third-order valence-electron chi connectivity index (χ3n) is 3.41. The number of hydrogen-bond acceptors (Lipinski definition) is 3. The van der Waals surface area contributed by atoms with E-state index in [1.807, 2.05) is 12.1 Å². The second-order valence-electron chi connectivity index (χ2n) is 4.61. The Bertz CT molecular complexity index is 620. The summed E-state index contributed by atoms with van der Waals surface area (Å²) >= 11 is 0. The molecule has 1 aromatic carbocycles. The van der Waals surface area contributed by atoms with E-state index < -0.39 is 0 Å². The number of hydrogen-bond donors (Lipinski definition) is 1. The Morgan fingerprint density at radius 3 is 2.83 bits per heavy atom. The van der Waals surface area contributed by atoms with Gasteiger partial charge >= 0.3 is 0 Å². The van der Waals surface area contributed by atoms with Crippen molar-refractivity contribution in [3.8, 4) is 0 Å². The minimum Gasteiger partial charge on any atom is -0.397 e. The van der Waals surface area contributed by atoms with Crippen LogP contribution in [0.2, 0.25) is 0 Å². The Hall–Kier alpha value is -2.16. The van der Waals surface area contributed by atoms with Gasteiger partial charge < -0.3 is 5.73 Å². The van der Waals surface area contributed by atoms with Crippen molar-refractivity contribution < 1.29 is 4.79 Å². The lowest BCUT2D eigenvalue weighted by Crippen LogP contribution is -2.08. The van der Waals surface area contributed by atoms with E-state index in [4.69, 9.17) is 5.73 Å². The fourth-order valence-electron chi connectivity index (χ4n) is 2.46. The van der Waals surface area contributed by atoms with Crippen LogP contribution in [0.25, 0.3) is 0 Å². The molecule has 0 saturated carbocycles. The molecule has 3 heteroatoms. The lowest BCUT2D eigenvalue weighted by molar-refractivity contribution is 0.103. The van der Waals surface area contributed by atoms with Crippen LogP contribution in [-0.4, -0.2) is 10.8 Å². The van der Waals surface area contributed by atoms with Gasteiger partial charge in [0.2, 0.25) is 5.78 Å². The van der Waals surface area contributed by atoms with Crippen LogP contribution in [0.1, 0.15) is 33.6 Å². The highest BCUT2D eigenvalue weighted by Crippen LogP contribution is 2.24. The number of nitrogens with zero attached hydrogens (tertiary/aromatic N) is 1. The first kappa shape index (κ1) is 11.0. The van der Waals surface area contributed by atoms with Gasteiger partial charge in [-0.25, -0.2) is 0 Å². The summed E-state index contributed by atoms with van der Waals surface area (Å²) in [6.45, 7) is 0. The van der Waals surface area contributed by atoms with E-state index >= 15 is 0 Å². The number of fused-ring (bicyclic) bond motifs is 1. The van der Waals surface area contributed by atoms with E-state index in [1.54, 1.807) is 18.3 Å². The second kappa shape index (κ2) is 4.26. The van der Waals surface area contributed by atoms with Crippen molar-refractivity contribution in [2.24, 2.45) is 0 Å². The summed E-state index contributed by atoms with van der Waals surface area (Å²) in [6, 6.07) is 9.34. The summed E-state index contributed by atoms with van der Waals surface area (Å²) < 4.78 is 0. The first-order valence-electron chi connectivity index (χ1n) is 6.13. The number of pyridine rings is 1. The smallest absolute Gasteiger partial charge is 0.213 e. The van der Waals surface area contributed by atoms with Crippen LogP contribution in [0.15, 0.2) is 36.5 Å². The van der Waals surface area contributed by atoms with Gasteiger partial charge in [0.05, 0.1) is 5.69 Å². The lowest BCUT2D eigenvalue weighted by atomic mass is 10.0. The standard InChI is InChI=1S/C15H14N2O/c16-13-5-2-8-17-14(13)15(18)12-7-6-10-3-1-4-11(10)9-12/h2,5-9H,1,3-4,16H2. The summed E-state index contributed by atoms with van der Waals surface area (Å²) in [6.07, 6.45) is 4.96. The van der Waals surface area contributed by atoms with E-state index in [2.05, 4.69) is 11.1 Å². The number of carbonyl (C=O) groups excluding carboxylic acids is 1. The van der Waals surface area contributed by atoms with Crippen molar-refractivity contribution in [1.29, 1.82) is 0 Å². The maximum absolute atomic E-state index is 12.3. The average molecular weight is 238 g/mol. The topological polar surface area (TPSA) is 56.0 Å². The van der Waals surface area contributed by atoms with Gasteiger partial charge in [-0.05, 0) is 48.6 Å². The molecule has 0 spiro atoms. The van der Waals surface area contributed by atoms with E-state index in [1.165, 1.54) is 17.5 Å². The van der Waals surface area contributed by atoms with Crippen LogP contribution >= 0.6 is 0 Å². The van der Waals surface area contributed by atoms with Crippen molar-refractivity contribution in [1.82, 2.24) is 4.98 Å². The van der Waals surface area contributed by atoms with Crippen molar-refractivity contribution in [2.45, 2.75) is 19.3 Å². The summed E-state index contributed by atoms with van der Waals surface area (Å²) in [4.78, 5) is 16.4. The third kappa shape index (κ3) is 1.78. The molecule has 0 aliphatic heterocycles. The second-order valence-corrected chi connectivity index (χ2v) is 4.61. The molecular formula is C15H14N2O. The first-order valence-corrected chi connectivity index (χ1v) is 6.13. The van der Waals surface area contributed by atoms with Crippen molar-refractivity contribution in [2.75, 3.05) is 5.73 Å². The Kier molecular flexibility index (Phi) is 2.59. The monoisotopic (exact) mass is 238 g/mol. The molecule has 0 saturated heterocycles. The molecule has 3 nitrogen and oxygen atoms in total. The molecule has 1 aliphatic carbocycles. The number of benzene rings is 1. The first-order chi connectivity index (χ1) is 8.75. The molecule has 1 heterocycles. The quantitative estimate of drug-likeness (QED) is 0.817. The van der Waals surface area contributed by atoms with E-state index in [-0.39, 0.29) is 5.78 Å². The third-order valence-corrected chi connectivity index (χ3v) is 3.41. The highest BCUT2D eigenvalue weighted by molar-refractivity contribution is 6.10. The number of nitrogen functional groups attached to an aromatic ring is 1. The van der Waals surface area contributed by atoms with Crippen LogP contribution in [0.4, 0.5) is 5.69 Å². The van der Waals surface area contributed by atoms with Gasteiger partial charge in [0, 0.05) is 11.8 Å². The number of rotatable bonds is 2. The molecule has 90 valence electrons. The molecule has 1 aromatic heterocycles. The molecule has 0 radical (unpaired) electrons. The van der Waals surface area contributed by atoms with Crippen molar-refractivity contribution in [3.05, 3.63) is 58.9 Å². The molecule has 0 amide bonds. The molecule has 18 heavy (non-hydrogen) atoms. The molecule has 0 atom stereocenters. The average Bonchev–Trinajstić information content (AvgIpc) is 2.85. The summed E-state index contributed by atoms with van der Waals surface area (Å²) in [5.41, 5.74) is 9.90. The molecule has 0 unspecified atom stereocenters. The van der Waals surface area contributed by atoms with Gasteiger partial charge in [-0.2, -0.15) is 0 Å². The fraction of sp³-hybridized carbons (Fsp3) is 0.200. The molecular weight excluding hydrogens is 224 g/mol. The largest absolute Gasteiger partial charge is 0.397 e. The molecule has 0 fully saturated rings.